The van der Waals surface area contributed by atoms with Gasteiger partial charge in [-0.15, -0.1) is 0 Å². The lowest BCUT2D eigenvalue weighted by atomic mass is 10.2. The van der Waals surface area contributed by atoms with Crippen LogP contribution in [0.3, 0.4) is 0 Å². The van der Waals surface area contributed by atoms with E-state index in [-0.39, 0.29) is 24.5 Å². The quantitative estimate of drug-likeness (QED) is 0.669. The molecule has 2 aromatic heterocycles. The molecule has 2 amide bonds. The van der Waals surface area contributed by atoms with Crippen LogP contribution in [0.25, 0.3) is 0 Å². The monoisotopic (exact) mass is 408 g/mol. The second-order valence-corrected chi connectivity index (χ2v) is 8.13. The average Bonchev–Trinajstić information content (AvgIpc) is 3.61. The summed E-state index contributed by atoms with van der Waals surface area (Å²) in [4.78, 5) is 37.7. The van der Waals surface area contributed by atoms with Gasteiger partial charge in [-0.1, -0.05) is 12.1 Å². The van der Waals surface area contributed by atoms with Gasteiger partial charge in [-0.25, -0.2) is 0 Å². The summed E-state index contributed by atoms with van der Waals surface area (Å²) in [5.74, 6) is 0.545. The van der Waals surface area contributed by atoms with Crippen molar-refractivity contribution in [3.63, 3.8) is 0 Å². The highest BCUT2D eigenvalue weighted by atomic mass is 16.5. The van der Waals surface area contributed by atoms with Crippen LogP contribution in [0.4, 0.5) is 0 Å². The number of nitrogens with zero attached hydrogens (tertiary/aromatic N) is 4. The number of hydrogen-bond donors (Lipinski definition) is 0. The van der Waals surface area contributed by atoms with E-state index in [9.17, 15) is 9.59 Å². The van der Waals surface area contributed by atoms with E-state index in [0.717, 1.165) is 11.3 Å². The summed E-state index contributed by atoms with van der Waals surface area (Å²) in [6.45, 7) is 2.21. The molecule has 1 aliphatic carbocycles. The van der Waals surface area contributed by atoms with E-state index in [2.05, 4.69) is 9.97 Å². The van der Waals surface area contributed by atoms with Gasteiger partial charge in [0.15, 0.2) is 0 Å². The normalized spacial score (nSPS) is 19.6. The molecular formula is C23H28N4O3. The van der Waals surface area contributed by atoms with Crippen LogP contribution in [0.1, 0.15) is 30.5 Å². The Balaban J connectivity index is 1.41. The summed E-state index contributed by atoms with van der Waals surface area (Å²) in [5.41, 5.74) is 1.86. The Kier molecular flexibility index (Phi) is 6.69. The third-order valence-corrected chi connectivity index (χ3v) is 5.56. The second kappa shape index (κ2) is 9.80. The zero-order valence-electron chi connectivity index (χ0n) is 17.2. The molecule has 0 N–H and O–H groups in total. The molecule has 1 saturated heterocycles. The molecule has 1 unspecified atom stereocenters. The van der Waals surface area contributed by atoms with E-state index in [0.29, 0.717) is 45.0 Å². The molecule has 0 radical (unpaired) electrons. The van der Waals surface area contributed by atoms with Crippen LogP contribution < -0.4 is 0 Å². The van der Waals surface area contributed by atoms with Crippen molar-refractivity contribution in [3.05, 3.63) is 60.2 Å². The molecule has 1 aliphatic heterocycles. The minimum Gasteiger partial charge on any atom is -0.374 e. The van der Waals surface area contributed by atoms with Crippen molar-refractivity contribution in [2.75, 3.05) is 26.2 Å². The molecule has 7 heteroatoms. The highest BCUT2D eigenvalue weighted by Gasteiger charge is 2.32. The molecule has 4 rings (SSSR count). The lowest BCUT2D eigenvalue weighted by molar-refractivity contribution is -0.139. The van der Waals surface area contributed by atoms with Crippen LogP contribution in [0, 0.1) is 5.92 Å². The van der Waals surface area contributed by atoms with E-state index in [4.69, 9.17) is 4.74 Å². The average molecular weight is 409 g/mol. The fraction of sp³-hybridized carbons (Fsp3) is 0.478. The van der Waals surface area contributed by atoms with Gasteiger partial charge in [0, 0.05) is 56.9 Å². The molecule has 0 spiro atoms. The molecule has 2 fully saturated rings. The topological polar surface area (TPSA) is 75.6 Å². The number of amides is 2. The van der Waals surface area contributed by atoms with Crippen molar-refractivity contribution in [1.82, 2.24) is 19.8 Å². The van der Waals surface area contributed by atoms with Gasteiger partial charge >= 0.3 is 0 Å². The first-order valence-electron chi connectivity index (χ1n) is 10.6. The van der Waals surface area contributed by atoms with E-state index in [1.165, 1.54) is 12.8 Å². The standard InChI is InChI=1S/C23H28N4O3/c28-22(9-8-20-5-1-2-11-25-20)27-15-21(30-17-18-6-7-18)14-26(23(29)16-27)13-19-4-3-10-24-12-19/h1-5,10-12,18,21H,6-9,13-17H2. The smallest absolute Gasteiger partial charge is 0.242 e. The van der Waals surface area contributed by atoms with Crippen molar-refractivity contribution in [3.8, 4) is 0 Å². The van der Waals surface area contributed by atoms with Crippen molar-refractivity contribution in [1.29, 1.82) is 0 Å². The zero-order chi connectivity index (χ0) is 20.8. The van der Waals surface area contributed by atoms with Crippen molar-refractivity contribution in [2.24, 2.45) is 5.92 Å². The zero-order valence-corrected chi connectivity index (χ0v) is 17.2. The first-order chi connectivity index (χ1) is 14.7. The molecule has 0 aromatic carbocycles. The Morgan fingerprint density at radius 3 is 2.77 bits per heavy atom. The molecule has 2 aromatic rings. The van der Waals surface area contributed by atoms with Gasteiger partial charge in [0.05, 0.1) is 12.6 Å². The van der Waals surface area contributed by atoms with Gasteiger partial charge in [0.1, 0.15) is 0 Å². The summed E-state index contributed by atoms with van der Waals surface area (Å²) in [6.07, 6.45) is 8.36. The summed E-state index contributed by atoms with van der Waals surface area (Å²) in [7, 11) is 0. The van der Waals surface area contributed by atoms with E-state index in [1.807, 2.05) is 30.3 Å². The maximum absolute atomic E-state index is 12.9. The lowest BCUT2D eigenvalue weighted by Gasteiger charge is -2.25. The minimum absolute atomic E-state index is 0.0303. The number of carbonyl (C=O) groups excluding carboxylic acids is 2. The first-order valence-corrected chi connectivity index (χ1v) is 10.6. The van der Waals surface area contributed by atoms with Crippen molar-refractivity contribution in [2.45, 2.75) is 38.3 Å². The Hall–Kier alpha value is -2.80. The van der Waals surface area contributed by atoms with Gasteiger partial charge in [-0.2, -0.15) is 0 Å². The van der Waals surface area contributed by atoms with Gasteiger partial charge < -0.3 is 14.5 Å². The molecule has 1 atom stereocenters. The maximum atomic E-state index is 12.9. The predicted molar refractivity (Wildman–Crippen MR) is 111 cm³/mol. The Morgan fingerprint density at radius 1 is 1.13 bits per heavy atom. The van der Waals surface area contributed by atoms with Crippen LogP contribution >= 0.6 is 0 Å². The van der Waals surface area contributed by atoms with Crippen LogP contribution in [0.2, 0.25) is 0 Å². The molecule has 2 aliphatic rings. The predicted octanol–water partition coefficient (Wildman–Crippen LogP) is 2.08. The fourth-order valence-corrected chi connectivity index (χ4v) is 3.63. The van der Waals surface area contributed by atoms with Gasteiger partial charge in [-0.3, -0.25) is 19.6 Å². The summed E-state index contributed by atoms with van der Waals surface area (Å²) in [5, 5.41) is 0. The Labute approximate surface area is 177 Å². The third-order valence-electron chi connectivity index (χ3n) is 5.56. The third kappa shape index (κ3) is 5.86. The molecule has 1 saturated carbocycles. The van der Waals surface area contributed by atoms with E-state index in [1.54, 1.807) is 28.4 Å². The number of aryl methyl sites for hydroxylation is 1. The minimum atomic E-state index is -0.174. The first kappa shape index (κ1) is 20.5. The largest absolute Gasteiger partial charge is 0.374 e. The van der Waals surface area contributed by atoms with E-state index < -0.39 is 0 Å². The van der Waals surface area contributed by atoms with E-state index >= 15 is 0 Å². The number of hydrogen-bond acceptors (Lipinski definition) is 5. The fourth-order valence-electron chi connectivity index (χ4n) is 3.63. The van der Waals surface area contributed by atoms with Crippen LogP contribution in [0.5, 0.6) is 0 Å². The molecule has 7 nitrogen and oxygen atoms in total. The summed E-state index contributed by atoms with van der Waals surface area (Å²) >= 11 is 0. The van der Waals surface area contributed by atoms with Gasteiger partial charge in [-0.05, 0) is 48.9 Å². The summed E-state index contributed by atoms with van der Waals surface area (Å²) in [6, 6.07) is 9.52. The maximum Gasteiger partial charge on any atom is 0.242 e. The molecule has 158 valence electrons. The highest BCUT2D eigenvalue weighted by molar-refractivity contribution is 5.85. The van der Waals surface area contributed by atoms with Gasteiger partial charge in [0.25, 0.3) is 0 Å². The molecule has 30 heavy (non-hydrogen) atoms. The van der Waals surface area contributed by atoms with Crippen molar-refractivity contribution < 1.29 is 14.3 Å². The lowest BCUT2D eigenvalue weighted by Crippen LogP contribution is -2.40. The number of carbonyl (C=O) groups is 2. The van der Waals surface area contributed by atoms with Crippen molar-refractivity contribution >= 4 is 11.8 Å². The number of aromatic nitrogens is 2. The molecule has 0 bridgehead atoms. The van der Waals surface area contributed by atoms with Crippen LogP contribution in [-0.2, 0) is 27.3 Å². The highest BCUT2D eigenvalue weighted by Crippen LogP contribution is 2.29. The molecular weight excluding hydrogens is 380 g/mol. The summed E-state index contributed by atoms with van der Waals surface area (Å²) < 4.78 is 6.13. The number of pyridine rings is 2. The Bertz CT molecular complexity index is 842. The second-order valence-electron chi connectivity index (χ2n) is 8.13. The SMILES string of the molecule is O=C(CCc1ccccn1)N1CC(=O)N(Cc2cccnc2)CC(OCC2CC2)C1. The number of ether oxygens (including phenoxy) is 1. The van der Waals surface area contributed by atoms with Gasteiger partial charge in [0.2, 0.25) is 11.8 Å². The van der Waals surface area contributed by atoms with Crippen LogP contribution in [-0.4, -0.2) is 63.9 Å². The number of rotatable bonds is 8. The van der Waals surface area contributed by atoms with Crippen LogP contribution in [0.15, 0.2) is 48.9 Å². The Morgan fingerprint density at radius 2 is 2.03 bits per heavy atom. The molecule has 3 heterocycles.